The quantitative estimate of drug-likeness (QED) is 0.581. The summed E-state index contributed by atoms with van der Waals surface area (Å²) in [6.07, 6.45) is 6.79. The lowest BCUT2D eigenvalue weighted by Gasteiger charge is -2.28. The second-order valence-corrected chi connectivity index (χ2v) is 6.58. The molecule has 0 aromatic heterocycles. The van der Waals surface area contributed by atoms with Crippen LogP contribution < -0.4 is 11.6 Å². The maximum Gasteiger partial charge on any atom is 0.0463 e. The Labute approximate surface area is 112 Å². The van der Waals surface area contributed by atoms with E-state index in [1.807, 2.05) is 6.20 Å². The van der Waals surface area contributed by atoms with Gasteiger partial charge in [0, 0.05) is 25.0 Å². The number of piperidine rings is 1. The molecule has 1 aliphatic heterocycles. The Morgan fingerprint density at radius 2 is 1.83 bits per heavy atom. The second kappa shape index (κ2) is 7.00. The number of hydrogen-bond acceptors (Lipinski definition) is 4. The third-order valence-electron chi connectivity index (χ3n) is 3.19. The fraction of sp³-hybridized carbons (Fsp3) is 0.857. The number of hydrogen-bond donors (Lipinski definition) is 2. The van der Waals surface area contributed by atoms with Crippen LogP contribution >= 0.6 is 0 Å². The number of nitrogens with two attached hydrogens (primary N) is 2. The minimum absolute atomic E-state index is 0.217. The topological polar surface area (TPSA) is 58.5 Å². The van der Waals surface area contributed by atoms with Crippen molar-refractivity contribution in [2.24, 2.45) is 17.0 Å². The molecule has 0 bridgehead atoms. The molecule has 0 atom stereocenters. The molecule has 0 aliphatic carbocycles. The minimum atomic E-state index is 0.217. The average Bonchev–Trinajstić information content (AvgIpc) is 2.25. The first-order valence-corrected chi connectivity index (χ1v) is 7.07. The van der Waals surface area contributed by atoms with Crippen LogP contribution in [0.5, 0.6) is 0 Å². The van der Waals surface area contributed by atoms with Gasteiger partial charge in [-0.1, -0.05) is 27.2 Å². The molecule has 0 amide bonds. The van der Waals surface area contributed by atoms with Crippen molar-refractivity contribution in [3.8, 4) is 0 Å². The fourth-order valence-corrected chi connectivity index (χ4v) is 2.38. The molecule has 1 aliphatic rings. The molecule has 4 heteroatoms. The first-order valence-electron chi connectivity index (χ1n) is 7.07. The van der Waals surface area contributed by atoms with Crippen molar-refractivity contribution in [2.45, 2.75) is 46.5 Å². The molecule has 1 fully saturated rings. The van der Waals surface area contributed by atoms with Gasteiger partial charge in [0.2, 0.25) is 0 Å². The predicted octanol–water partition coefficient (Wildman–Crippen LogP) is 1.88. The molecule has 1 heterocycles. The molecular formula is C14H30N4. The number of rotatable bonds is 5. The van der Waals surface area contributed by atoms with Gasteiger partial charge in [-0.15, -0.1) is 0 Å². The summed E-state index contributed by atoms with van der Waals surface area (Å²) in [6.45, 7) is 10.9. The molecule has 18 heavy (non-hydrogen) atoms. The smallest absolute Gasteiger partial charge is 0.0463 e. The van der Waals surface area contributed by atoms with Crippen LogP contribution in [0.2, 0.25) is 0 Å². The van der Waals surface area contributed by atoms with E-state index in [1.54, 1.807) is 5.01 Å². The summed E-state index contributed by atoms with van der Waals surface area (Å²) in [5.41, 5.74) is 7.08. The van der Waals surface area contributed by atoms with E-state index < -0.39 is 0 Å². The van der Waals surface area contributed by atoms with Crippen LogP contribution in [0, 0.1) is 5.41 Å². The van der Waals surface area contributed by atoms with Gasteiger partial charge in [0.15, 0.2) is 0 Å². The zero-order chi connectivity index (χ0) is 13.6. The van der Waals surface area contributed by atoms with Crippen molar-refractivity contribution in [2.75, 3.05) is 26.2 Å². The zero-order valence-corrected chi connectivity index (χ0v) is 12.3. The Balaban J connectivity index is 2.27. The molecular weight excluding hydrogens is 224 g/mol. The Morgan fingerprint density at radius 1 is 1.22 bits per heavy atom. The molecule has 0 spiro atoms. The van der Waals surface area contributed by atoms with E-state index in [-0.39, 0.29) is 5.41 Å². The van der Waals surface area contributed by atoms with Gasteiger partial charge in [-0.25, -0.2) is 5.84 Å². The van der Waals surface area contributed by atoms with E-state index in [9.17, 15) is 0 Å². The first-order chi connectivity index (χ1) is 8.37. The van der Waals surface area contributed by atoms with Crippen LogP contribution in [0.15, 0.2) is 11.9 Å². The third kappa shape index (κ3) is 6.87. The summed E-state index contributed by atoms with van der Waals surface area (Å²) < 4.78 is 0. The maximum absolute atomic E-state index is 6.00. The highest BCUT2D eigenvalue weighted by molar-refractivity contribution is 4.98. The van der Waals surface area contributed by atoms with Gasteiger partial charge in [0.25, 0.3) is 0 Å². The molecule has 0 aromatic rings. The summed E-state index contributed by atoms with van der Waals surface area (Å²) in [5.74, 6) is 5.96. The van der Waals surface area contributed by atoms with Gasteiger partial charge in [0.05, 0.1) is 0 Å². The van der Waals surface area contributed by atoms with Crippen molar-refractivity contribution < 1.29 is 0 Å². The summed E-state index contributed by atoms with van der Waals surface area (Å²) >= 11 is 0. The number of allylic oxidation sites excluding steroid dienone is 1. The average molecular weight is 254 g/mol. The molecule has 0 radical (unpaired) electrons. The number of nitrogens with zero attached hydrogens (tertiary/aromatic N) is 2. The van der Waals surface area contributed by atoms with Crippen LogP contribution in [0.4, 0.5) is 0 Å². The van der Waals surface area contributed by atoms with Crippen molar-refractivity contribution in [3.05, 3.63) is 11.9 Å². The van der Waals surface area contributed by atoms with Crippen molar-refractivity contribution in [1.82, 2.24) is 9.91 Å². The second-order valence-electron chi connectivity index (χ2n) is 6.58. The van der Waals surface area contributed by atoms with Crippen LogP contribution in [0.25, 0.3) is 0 Å². The van der Waals surface area contributed by atoms with E-state index in [4.69, 9.17) is 11.6 Å². The summed E-state index contributed by atoms with van der Waals surface area (Å²) in [6, 6.07) is 0. The highest BCUT2D eigenvalue weighted by Gasteiger charge is 2.12. The lowest BCUT2D eigenvalue weighted by atomic mass is 9.91. The molecule has 4 nitrogen and oxygen atoms in total. The Bertz CT molecular complexity index is 261. The van der Waals surface area contributed by atoms with Crippen LogP contribution in [-0.4, -0.2) is 36.1 Å². The zero-order valence-electron chi connectivity index (χ0n) is 12.3. The number of hydrazine groups is 1. The van der Waals surface area contributed by atoms with Gasteiger partial charge < -0.3 is 15.6 Å². The molecule has 1 saturated heterocycles. The van der Waals surface area contributed by atoms with Crippen LogP contribution in [0.1, 0.15) is 46.5 Å². The van der Waals surface area contributed by atoms with E-state index in [0.717, 1.165) is 25.2 Å². The standard InChI is InChI=1S/C14H30N4/c1-14(2,3)11-13(15)12-18(16)10-9-17-7-5-4-6-8-17/h12H,4-11,15-16H2,1-3H3/b13-12-. The first kappa shape index (κ1) is 15.3. The van der Waals surface area contributed by atoms with E-state index >= 15 is 0 Å². The fourth-order valence-electron chi connectivity index (χ4n) is 2.38. The lowest BCUT2D eigenvalue weighted by Crippen LogP contribution is -2.39. The largest absolute Gasteiger partial charge is 0.401 e. The molecule has 106 valence electrons. The highest BCUT2D eigenvalue weighted by atomic mass is 15.4. The summed E-state index contributed by atoms with van der Waals surface area (Å²) in [5, 5.41) is 1.73. The Kier molecular flexibility index (Phi) is 5.96. The van der Waals surface area contributed by atoms with E-state index in [0.29, 0.717) is 0 Å². The SMILES string of the molecule is CC(C)(C)C/C(N)=C/N(N)CCN1CCCCC1. The molecule has 0 unspecified atom stereocenters. The van der Waals surface area contributed by atoms with Crippen LogP contribution in [-0.2, 0) is 0 Å². The summed E-state index contributed by atoms with van der Waals surface area (Å²) in [4.78, 5) is 2.48. The van der Waals surface area contributed by atoms with E-state index in [2.05, 4.69) is 25.7 Å². The Hall–Kier alpha value is -0.740. The van der Waals surface area contributed by atoms with Gasteiger partial charge in [-0.3, -0.25) is 0 Å². The van der Waals surface area contributed by atoms with Gasteiger partial charge in [-0.05, 0) is 37.8 Å². The Morgan fingerprint density at radius 3 is 2.39 bits per heavy atom. The van der Waals surface area contributed by atoms with Gasteiger partial charge in [0.1, 0.15) is 0 Å². The minimum Gasteiger partial charge on any atom is -0.401 e. The van der Waals surface area contributed by atoms with Crippen LogP contribution in [0.3, 0.4) is 0 Å². The monoisotopic (exact) mass is 254 g/mol. The predicted molar refractivity (Wildman–Crippen MR) is 77.5 cm³/mol. The third-order valence-corrected chi connectivity index (χ3v) is 3.19. The van der Waals surface area contributed by atoms with Crippen molar-refractivity contribution in [1.29, 1.82) is 0 Å². The lowest BCUT2D eigenvalue weighted by molar-refractivity contribution is 0.204. The van der Waals surface area contributed by atoms with Gasteiger partial charge >= 0.3 is 0 Å². The van der Waals surface area contributed by atoms with Crippen molar-refractivity contribution in [3.63, 3.8) is 0 Å². The molecule has 4 N–H and O–H groups in total. The number of likely N-dealkylation sites (tertiary alicyclic amines) is 1. The molecule has 1 rings (SSSR count). The van der Waals surface area contributed by atoms with E-state index in [1.165, 1.54) is 32.4 Å². The highest BCUT2D eigenvalue weighted by Crippen LogP contribution is 2.21. The molecule has 0 saturated carbocycles. The van der Waals surface area contributed by atoms with Crippen molar-refractivity contribution >= 4 is 0 Å². The summed E-state index contributed by atoms with van der Waals surface area (Å²) in [7, 11) is 0. The maximum atomic E-state index is 6.00. The molecule has 0 aromatic carbocycles. The van der Waals surface area contributed by atoms with Gasteiger partial charge in [-0.2, -0.15) is 0 Å². The normalized spacial score (nSPS) is 19.0.